The molecule has 0 aromatic heterocycles. The lowest BCUT2D eigenvalue weighted by atomic mass is 10.1. The molecule has 0 heterocycles. The number of ether oxygens (including phenoxy) is 1. The first-order valence-corrected chi connectivity index (χ1v) is 14.6. The first-order chi connectivity index (χ1) is 20.1. The lowest BCUT2D eigenvalue weighted by molar-refractivity contribution is -0.119. The number of benzene rings is 4. The third-order valence-corrected chi connectivity index (χ3v) is 8.00. The highest BCUT2D eigenvalue weighted by Crippen LogP contribution is 2.27. The summed E-state index contributed by atoms with van der Waals surface area (Å²) in [5, 5.41) is 6.74. The number of hydrogen-bond acceptors (Lipinski definition) is 6. The number of nitrogens with zero attached hydrogens (tertiary/aromatic N) is 2. The maximum atomic E-state index is 13.6. The Morgan fingerprint density at radius 1 is 0.833 bits per heavy atom. The van der Waals surface area contributed by atoms with Gasteiger partial charge in [-0.25, -0.2) is 13.8 Å². The van der Waals surface area contributed by atoms with E-state index in [9.17, 15) is 18.0 Å². The summed E-state index contributed by atoms with van der Waals surface area (Å²) in [4.78, 5) is 25.0. The summed E-state index contributed by atoms with van der Waals surface area (Å²) in [6.07, 6.45) is 1.43. The van der Waals surface area contributed by atoms with Crippen LogP contribution in [0.3, 0.4) is 0 Å². The highest BCUT2D eigenvalue weighted by molar-refractivity contribution is 7.92. The number of aryl methyl sites for hydroxylation is 3. The van der Waals surface area contributed by atoms with Gasteiger partial charge in [0.15, 0.2) is 6.61 Å². The predicted molar refractivity (Wildman–Crippen MR) is 164 cm³/mol. The van der Waals surface area contributed by atoms with Gasteiger partial charge < -0.3 is 10.1 Å². The predicted octanol–water partition coefficient (Wildman–Crippen LogP) is 4.97. The molecule has 2 amide bonds. The molecule has 0 bridgehead atoms. The van der Waals surface area contributed by atoms with Crippen LogP contribution in [0.25, 0.3) is 0 Å². The third kappa shape index (κ3) is 8.05. The van der Waals surface area contributed by atoms with Crippen LogP contribution in [0.1, 0.15) is 22.3 Å². The fourth-order valence-electron chi connectivity index (χ4n) is 4.08. The number of hydrazone groups is 1. The Morgan fingerprint density at radius 2 is 1.50 bits per heavy atom. The van der Waals surface area contributed by atoms with E-state index in [-0.39, 0.29) is 17.4 Å². The molecule has 0 atom stereocenters. The fraction of sp³-hybridized carbons (Fsp3) is 0.156. The highest BCUT2D eigenvalue weighted by atomic mass is 32.2. The van der Waals surface area contributed by atoms with Crippen LogP contribution in [0.2, 0.25) is 0 Å². The van der Waals surface area contributed by atoms with E-state index in [0.29, 0.717) is 22.7 Å². The van der Waals surface area contributed by atoms with Gasteiger partial charge in [-0.1, -0.05) is 53.6 Å². The van der Waals surface area contributed by atoms with Crippen LogP contribution in [0.15, 0.2) is 107 Å². The lowest BCUT2D eigenvalue weighted by Crippen LogP contribution is -2.40. The summed E-state index contributed by atoms with van der Waals surface area (Å²) in [7, 11) is -4.03. The van der Waals surface area contributed by atoms with Gasteiger partial charge in [-0.2, -0.15) is 5.10 Å². The second-order valence-corrected chi connectivity index (χ2v) is 11.5. The largest absolute Gasteiger partial charge is 0.484 e. The molecule has 0 fully saturated rings. The van der Waals surface area contributed by atoms with Crippen molar-refractivity contribution < 1.29 is 22.7 Å². The van der Waals surface area contributed by atoms with Crippen LogP contribution in [0.5, 0.6) is 5.75 Å². The Balaban J connectivity index is 1.38. The van der Waals surface area contributed by atoms with E-state index < -0.39 is 22.5 Å². The molecule has 0 aliphatic carbocycles. The topological polar surface area (TPSA) is 117 Å². The summed E-state index contributed by atoms with van der Waals surface area (Å²) in [6, 6.07) is 27.7. The molecule has 0 spiro atoms. The van der Waals surface area contributed by atoms with E-state index in [1.165, 1.54) is 18.3 Å². The summed E-state index contributed by atoms with van der Waals surface area (Å²) >= 11 is 0. The standard InChI is InChI=1S/C32H32N4O5S/c1-23-9-16-29(17-10-23)42(39,40)36(30-18-11-24(2)19-25(30)3)21-31(37)35-33-20-26-12-14-28(15-13-26)41-22-32(38)34-27-7-5-4-6-8-27/h4-20H,21-22H2,1-3H3,(H,34,38)(H,35,37)/b33-20-. The number of rotatable bonds is 11. The van der Waals surface area contributed by atoms with E-state index in [4.69, 9.17) is 4.74 Å². The van der Waals surface area contributed by atoms with E-state index in [2.05, 4.69) is 15.8 Å². The molecule has 9 nitrogen and oxygen atoms in total. The molecular formula is C32H32N4O5S. The van der Waals surface area contributed by atoms with Gasteiger partial charge in [-0.05, 0) is 86.5 Å². The van der Waals surface area contributed by atoms with Gasteiger partial charge in [-0.3, -0.25) is 13.9 Å². The van der Waals surface area contributed by atoms with Crippen molar-refractivity contribution in [1.82, 2.24) is 5.43 Å². The van der Waals surface area contributed by atoms with E-state index >= 15 is 0 Å². The first kappa shape index (κ1) is 30.0. The van der Waals surface area contributed by atoms with Crippen LogP contribution in [0, 0.1) is 20.8 Å². The Hall–Kier alpha value is -4.96. The number of nitrogens with one attached hydrogen (secondary N) is 2. The second-order valence-electron chi connectivity index (χ2n) is 9.68. The van der Waals surface area contributed by atoms with Crippen molar-refractivity contribution in [3.63, 3.8) is 0 Å². The average molecular weight is 585 g/mol. The van der Waals surface area contributed by atoms with Gasteiger partial charge >= 0.3 is 0 Å². The summed E-state index contributed by atoms with van der Waals surface area (Å²) in [5.41, 5.74) is 6.79. The van der Waals surface area contributed by atoms with Crippen molar-refractivity contribution in [3.8, 4) is 5.75 Å². The SMILES string of the molecule is Cc1ccc(S(=O)(=O)N(CC(=O)N/N=C\c2ccc(OCC(=O)Nc3ccccc3)cc2)c2ccc(C)cc2C)cc1. The Labute approximate surface area is 245 Å². The molecule has 0 radical (unpaired) electrons. The zero-order valence-corrected chi connectivity index (χ0v) is 24.4. The third-order valence-electron chi connectivity index (χ3n) is 6.23. The van der Waals surface area contributed by atoms with Crippen LogP contribution in [-0.2, 0) is 19.6 Å². The van der Waals surface area contributed by atoms with Gasteiger partial charge in [0.25, 0.3) is 21.8 Å². The summed E-state index contributed by atoms with van der Waals surface area (Å²) in [5.74, 6) is -0.398. The average Bonchev–Trinajstić information content (AvgIpc) is 2.96. The molecule has 4 rings (SSSR count). The maximum Gasteiger partial charge on any atom is 0.264 e. The number of carbonyl (C=O) groups excluding carboxylic acids is 2. The maximum absolute atomic E-state index is 13.6. The van der Waals surface area contributed by atoms with Gasteiger partial charge in [0.2, 0.25) is 0 Å². The molecule has 0 saturated carbocycles. The fourth-order valence-corrected chi connectivity index (χ4v) is 5.57. The normalized spacial score (nSPS) is 11.2. The number of sulfonamides is 1. The van der Waals surface area contributed by atoms with E-state index in [0.717, 1.165) is 21.0 Å². The Kier molecular flexibility index (Phi) is 9.72. The summed E-state index contributed by atoms with van der Waals surface area (Å²) < 4.78 is 33.8. The number of amides is 2. The molecule has 4 aromatic rings. The molecule has 0 unspecified atom stereocenters. The Morgan fingerprint density at radius 3 is 2.17 bits per heavy atom. The molecule has 10 heteroatoms. The van der Waals surface area contributed by atoms with Gasteiger partial charge in [0.05, 0.1) is 16.8 Å². The molecule has 216 valence electrons. The molecule has 0 saturated heterocycles. The number of para-hydroxylation sites is 1. The minimum Gasteiger partial charge on any atom is -0.484 e. The van der Waals surface area contributed by atoms with Crippen molar-refractivity contribution in [2.45, 2.75) is 25.7 Å². The highest BCUT2D eigenvalue weighted by Gasteiger charge is 2.28. The molecule has 0 aliphatic rings. The number of carbonyl (C=O) groups is 2. The molecule has 0 aliphatic heterocycles. The number of anilines is 2. The molecular weight excluding hydrogens is 552 g/mol. The van der Waals surface area contributed by atoms with E-state index in [1.54, 1.807) is 67.6 Å². The zero-order chi connectivity index (χ0) is 30.1. The summed E-state index contributed by atoms with van der Waals surface area (Å²) in [6.45, 7) is 4.98. The van der Waals surface area contributed by atoms with Crippen molar-refractivity contribution in [2.75, 3.05) is 22.8 Å². The van der Waals surface area contributed by atoms with Crippen molar-refractivity contribution in [1.29, 1.82) is 0 Å². The van der Waals surface area contributed by atoms with Crippen molar-refractivity contribution in [2.24, 2.45) is 5.10 Å². The van der Waals surface area contributed by atoms with Crippen LogP contribution in [-0.4, -0.2) is 39.6 Å². The second kappa shape index (κ2) is 13.6. The van der Waals surface area contributed by atoms with Gasteiger partial charge in [0.1, 0.15) is 12.3 Å². The lowest BCUT2D eigenvalue weighted by Gasteiger charge is -2.25. The monoisotopic (exact) mass is 584 g/mol. The zero-order valence-electron chi connectivity index (χ0n) is 23.6. The van der Waals surface area contributed by atoms with Crippen LogP contribution < -0.4 is 19.8 Å². The molecule has 42 heavy (non-hydrogen) atoms. The molecule has 2 N–H and O–H groups in total. The van der Waals surface area contributed by atoms with E-state index in [1.807, 2.05) is 38.1 Å². The van der Waals surface area contributed by atoms with Crippen molar-refractivity contribution >= 4 is 39.4 Å². The van der Waals surface area contributed by atoms with Gasteiger partial charge in [-0.15, -0.1) is 0 Å². The van der Waals surface area contributed by atoms with Crippen LogP contribution >= 0.6 is 0 Å². The first-order valence-electron chi connectivity index (χ1n) is 13.2. The quantitative estimate of drug-likeness (QED) is 0.191. The Bertz CT molecular complexity index is 1670. The van der Waals surface area contributed by atoms with Crippen molar-refractivity contribution in [3.05, 3.63) is 119 Å². The minimum absolute atomic E-state index is 0.0873. The molecule has 4 aromatic carbocycles. The minimum atomic E-state index is -4.03. The van der Waals surface area contributed by atoms with Crippen LogP contribution in [0.4, 0.5) is 11.4 Å². The smallest absolute Gasteiger partial charge is 0.264 e. The van der Waals surface area contributed by atoms with Gasteiger partial charge in [0, 0.05) is 5.69 Å². The number of hydrogen-bond donors (Lipinski definition) is 2.